The van der Waals surface area contributed by atoms with Gasteiger partial charge in [0.05, 0.1) is 5.69 Å². The van der Waals surface area contributed by atoms with Crippen molar-refractivity contribution in [3.05, 3.63) is 42.1 Å². The molecule has 0 aromatic carbocycles. The summed E-state index contributed by atoms with van der Waals surface area (Å²) in [4.78, 5) is 8.26. The molecule has 14 heavy (non-hydrogen) atoms. The molecule has 4 nitrogen and oxygen atoms in total. The summed E-state index contributed by atoms with van der Waals surface area (Å²) >= 11 is 0. The Morgan fingerprint density at radius 2 is 2.21 bits per heavy atom. The van der Waals surface area contributed by atoms with E-state index in [0.717, 1.165) is 11.4 Å². The van der Waals surface area contributed by atoms with E-state index in [1.54, 1.807) is 23.3 Å². The van der Waals surface area contributed by atoms with Gasteiger partial charge in [-0.15, -0.1) is 0 Å². The average molecular weight is 186 g/mol. The van der Waals surface area contributed by atoms with Gasteiger partial charge in [0.1, 0.15) is 12.1 Å². The van der Waals surface area contributed by atoms with Crippen molar-refractivity contribution in [3.63, 3.8) is 0 Å². The van der Waals surface area contributed by atoms with E-state index in [1.807, 2.05) is 19.1 Å². The maximum absolute atomic E-state index is 7.03. The second-order valence-electron chi connectivity index (χ2n) is 3.04. The molecule has 0 spiro atoms. The standard InChI is InChI=1S/C10H10N4/c1-8-2-3-10(12-5-8)14-6-9(4-11)13-7-14/h2-7,11H,1H3. The van der Waals surface area contributed by atoms with E-state index < -0.39 is 0 Å². The molecule has 2 rings (SSSR count). The van der Waals surface area contributed by atoms with Crippen LogP contribution in [0, 0.1) is 12.3 Å². The molecular formula is C10H10N4. The second-order valence-corrected chi connectivity index (χ2v) is 3.04. The summed E-state index contributed by atoms with van der Waals surface area (Å²) in [7, 11) is 0. The van der Waals surface area contributed by atoms with E-state index in [0.29, 0.717) is 5.69 Å². The fourth-order valence-electron chi connectivity index (χ4n) is 1.15. The minimum Gasteiger partial charge on any atom is -0.306 e. The van der Waals surface area contributed by atoms with Crippen LogP contribution >= 0.6 is 0 Å². The van der Waals surface area contributed by atoms with Gasteiger partial charge < -0.3 is 5.41 Å². The van der Waals surface area contributed by atoms with Crippen LogP contribution in [-0.2, 0) is 0 Å². The van der Waals surface area contributed by atoms with Gasteiger partial charge in [-0.05, 0) is 18.6 Å². The monoisotopic (exact) mass is 186 g/mol. The van der Waals surface area contributed by atoms with Crippen molar-refractivity contribution < 1.29 is 0 Å². The average Bonchev–Trinajstić information content (AvgIpc) is 2.67. The van der Waals surface area contributed by atoms with Gasteiger partial charge in [-0.2, -0.15) is 0 Å². The van der Waals surface area contributed by atoms with Crippen molar-refractivity contribution in [1.82, 2.24) is 14.5 Å². The summed E-state index contributed by atoms with van der Waals surface area (Å²) in [6.45, 7) is 1.99. The Labute approximate surface area is 81.8 Å². The number of pyridine rings is 1. The molecule has 0 aliphatic rings. The number of imidazole rings is 1. The number of aromatic nitrogens is 3. The molecule has 0 fully saturated rings. The van der Waals surface area contributed by atoms with Gasteiger partial charge in [-0.3, -0.25) is 4.57 Å². The Morgan fingerprint density at radius 1 is 1.36 bits per heavy atom. The van der Waals surface area contributed by atoms with Gasteiger partial charge in [-0.1, -0.05) is 6.07 Å². The van der Waals surface area contributed by atoms with Crippen LogP contribution in [0.15, 0.2) is 30.9 Å². The maximum Gasteiger partial charge on any atom is 0.137 e. The lowest BCUT2D eigenvalue weighted by Crippen LogP contribution is -1.93. The fourth-order valence-corrected chi connectivity index (χ4v) is 1.15. The quantitative estimate of drug-likeness (QED) is 0.724. The van der Waals surface area contributed by atoms with Crippen molar-refractivity contribution in [3.8, 4) is 5.82 Å². The van der Waals surface area contributed by atoms with Crippen molar-refractivity contribution in [2.24, 2.45) is 0 Å². The van der Waals surface area contributed by atoms with Gasteiger partial charge in [0.15, 0.2) is 0 Å². The molecule has 0 amide bonds. The second kappa shape index (κ2) is 3.41. The summed E-state index contributed by atoms with van der Waals surface area (Å²) < 4.78 is 1.79. The Kier molecular flexibility index (Phi) is 2.10. The lowest BCUT2D eigenvalue weighted by molar-refractivity contribution is 0.988. The highest BCUT2D eigenvalue weighted by atomic mass is 15.1. The van der Waals surface area contributed by atoms with Crippen LogP contribution < -0.4 is 0 Å². The molecule has 1 N–H and O–H groups in total. The lowest BCUT2D eigenvalue weighted by Gasteiger charge is -1.99. The largest absolute Gasteiger partial charge is 0.306 e. The van der Waals surface area contributed by atoms with Crippen LogP contribution in [0.2, 0.25) is 0 Å². The first-order valence-electron chi connectivity index (χ1n) is 4.27. The zero-order valence-corrected chi connectivity index (χ0v) is 7.81. The number of nitrogens with zero attached hydrogens (tertiary/aromatic N) is 3. The molecule has 4 heteroatoms. The number of rotatable bonds is 2. The van der Waals surface area contributed by atoms with E-state index in [1.165, 1.54) is 6.21 Å². The van der Waals surface area contributed by atoms with Crippen LogP contribution in [-0.4, -0.2) is 20.7 Å². The molecule has 2 aromatic rings. The van der Waals surface area contributed by atoms with Crippen LogP contribution in [0.3, 0.4) is 0 Å². The highest BCUT2D eigenvalue weighted by Gasteiger charge is 1.98. The molecular weight excluding hydrogens is 176 g/mol. The van der Waals surface area contributed by atoms with Crippen LogP contribution in [0.1, 0.15) is 11.3 Å². The van der Waals surface area contributed by atoms with Gasteiger partial charge in [-0.25, -0.2) is 9.97 Å². The van der Waals surface area contributed by atoms with Crippen molar-refractivity contribution in [2.45, 2.75) is 6.92 Å². The number of aryl methyl sites for hydroxylation is 1. The highest BCUT2D eigenvalue weighted by molar-refractivity contribution is 5.73. The van der Waals surface area contributed by atoms with E-state index >= 15 is 0 Å². The first-order chi connectivity index (χ1) is 6.79. The van der Waals surface area contributed by atoms with E-state index in [-0.39, 0.29) is 0 Å². The van der Waals surface area contributed by atoms with Crippen LogP contribution in [0.4, 0.5) is 0 Å². The molecule has 0 aliphatic carbocycles. The molecule has 0 bridgehead atoms. The van der Waals surface area contributed by atoms with Crippen LogP contribution in [0.25, 0.3) is 5.82 Å². The minimum absolute atomic E-state index is 0.632. The van der Waals surface area contributed by atoms with Gasteiger partial charge in [0, 0.05) is 18.6 Å². The summed E-state index contributed by atoms with van der Waals surface area (Å²) in [6, 6.07) is 3.91. The Morgan fingerprint density at radius 3 is 2.79 bits per heavy atom. The molecule has 0 atom stereocenters. The smallest absolute Gasteiger partial charge is 0.137 e. The molecule has 2 aromatic heterocycles. The number of nitrogens with one attached hydrogen (secondary N) is 1. The van der Waals surface area contributed by atoms with E-state index in [4.69, 9.17) is 5.41 Å². The third kappa shape index (κ3) is 1.54. The van der Waals surface area contributed by atoms with E-state index in [2.05, 4.69) is 9.97 Å². The zero-order valence-electron chi connectivity index (χ0n) is 7.81. The SMILES string of the molecule is Cc1ccc(-n2cnc(C=N)c2)nc1. The fraction of sp³-hybridized carbons (Fsp3) is 0.100. The summed E-state index contributed by atoms with van der Waals surface area (Å²) in [5, 5.41) is 7.03. The molecule has 0 aliphatic heterocycles. The van der Waals surface area contributed by atoms with Crippen molar-refractivity contribution in [2.75, 3.05) is 0 Å². The molecule has 0 saturated carbocycles. The molecule has 0 radical (unpaired) electrons. The normalized spacial score (nSPS) is 10.1. The predicted octanol–water partition coefficient (Wildman–Crippen LogP) is 1.57. The first kappa shape index (κ1) is 8.62. The topological polar surface area (TPSA) is 54.6 Å². The third-order valence-electron chi connectivity index (χ3n) is 1.91. The minimum atomic E-state index is 0.632. The third-order valence-corrected chi connectivity index (χ3v) is 1.91. The van der Waals surface area contributed by atoms with Crippen molar-refractivity contribution in [1.29, 1.82) is 5.41 Å². The Bertz CT molecular complexity index is 441. The molecule has 70 valence electrons. The Balaban J connectivity index is 2.39. The van der Waals surface area contributed by atoms with Gasteiger partial charge in [0.2, 0.25) is 0 Å². The molecule has 2 heterocycles. The number of hydrogen-bond donors (Lipinski definition) is 1. The van der Waals surface area contributed by atoms with E-state index in [9.17, 15) is 0 Å². The molecule has 0 unspecified atom stereocenters. The number of hydrogen-bond acceptors (Lipinski definition) is 3. The summed E-state index contributed by atoms with van der Waals surface area (Å²) in [5.41, 5.74) is 1.76. The first-order valence-corrected chi connectivity index (χ1v) is 4.27. The van der Waals surface area contributed by atoms with Gasteiger partial charge >= 0.3 is 0 Å². The summed E-state index contributed by atoms with van der Waals surface area (Å²) in [5.74, 6) is 0.816. The maximum atomic E-state index is 7.03. The Hall–Kier alpha value is -1.97. The summed E-state index contributed by atoms with van der Waals surface area (Å²) in [6.07, 6.45) is 6.44. The van der Waals surface area contributed by atoms with Gasteiger partial charge in [0.25, 0.3) is 0 Å². The predicted molar refractivity (Wildman–Crippen MR) is 54.0 cm³/mol. The zero-order chi connectivity index (χ0) is 9.97. The lowest BCUT2D eigenvalue weighted by atomic mass is 10.3. The van der Waals surface area contributed by atoms with Crippen molar-refractivity contribution >= 4 is 6.21 Å². The molecule has 0 saturated heterocycles. The highest BCUT2D eigenvalue weighted by Crippen LogP contribution is 2.05. The van der Waals surface area contributed by atoms with Crippen LogP contribution in [0.5, 0.6) is 0 Å².